The summed E-state index contributed by atoms with van der Waals surface area (Å²) in [5.41, 5.74) is 1.54. The van der Waals surface area contributed by atoms with Crippen LogP contribution in [0.15, 0.2) is 42.5 Å². The van der Waals surface area contributed by atoms with E-state index >= 15 is 0 Å². The zero-order chi connectivity index (χ0) is 21.6. The number of nitrogens with zero attached hydrogens (tertiary/aromatic N) is 1. The van der Waals surface area contributed by atoms with Gasteiger partial charge in [0.05, 0.1) is 27.4 Å². The van der Waals surface area contributed by atoms with Crippen molar-refractivity contribution in [1.82, 2.24) is 4.90 Å². The molecule has 31 heavy (non-hydrogen) atoms. The van der Waals surface area contributed by atoms with Crippen molar-refractivity contribution < 1.29 is 28.5 Å². The van der Waals surface area contributed by atoms with Gasteiger partial charge in [-0.3, -0.25) is 4.79 Å². The van der Waals surface area contributed by atoms with Crippen molar-refractivity contribution in [2.24, 2.45) is 5.92 Å². The number of methoxy groups -OCH3 is 2. The van der Waals surface area contributed by atoms with Gasteiger partial charge in [0, 0.05) is 24.6 Å². The Balaban J connectivity index is 1.51. The topological polar surface area (TPSA) is 66.5 Å². The average Bonchev–Trinajstić information content (AvgIpc) is 3.37. The van der Waals surface area contributed by atoms with E-state index < -0.39 is 0 Å². The molecule has 0 aliphatic carbocycles. The van der Waals surface area contributed by atoms with Crippen molar-refractivity contribution in [3.05, 3.63) is 53.6 Å². The van der Waals surface area contributed by atoms with E-state index in [4.69, 9.17) is 23.7 Å². The van der Waals surface area contributed by atoms with Gasteiger partial charge in [-0.25, -0.2) is 0 Å². The van der Waals surface area contributed by atoms with Crippen LogP contribution < -0.4 is 14.2 Å². The van der Waals surface area contributed by atoms with Crippen LogP contribution >= 0.6 is 0 Å². The molecule has 0 aromatic heterocycles. The molecule has 7 nitrogen and oxygen atoms in total. The molecule has 1 unspecified atom stereocenters. The van der Waals surface area contributed by atoms with Gasteiger partial charge in [0.2, 0.25) is 5.75 Å². The molecule has 2 fully saturated rings. The van der Waals surface area contributed by atoms with Crippen LogP contribution in [0.2, 0.25) is 0 Å². The Morgan fingerprint density at radius 3 is 2.39 bits per heavy atom. The molecular formula is C24H29NO6. The third-order valence-corrected chi connectivity index (χ3v) is 5.71. The maximum atomic E-state index is 13.3. The lowest BCUT2D eigenvalue weighted by Gasteiger charge is -2.34. The van der Waals surface area contributed by atoms with Gasteiger partial charge in [-0.2, -0.15) is 0 Å². The van der Waals surface area contributed by atoms with Gasteiger partial charge < -0.3 is 28.6 Å². The third kappa shape index (κ3) is 4.94. The summed E-state index contributed by atoms with van der Waals surface area (Å²) < 4.78 is 28.4. The maximum absolute atomic E-state index is 13.3. The first-order valence-electron chi connectivity index (χ1n) is 10.6. The zero-order valence-electron chi connectivity index (χ0n) is 18.0. The van der Waals surface area contributed by atoms with E-state index in [0.717, 1.165) is 18.4 Å². The Bertz CT molecular complexity index is 856. The largest absolute Gasteiger partial charge is 0.493 e. The molecule has 0 radical (unpaired) electrons. The Kier molecular flexibility index (Phi) is 6.94. The lowest BCUT2D eigenvalue weighted by Crippen LogP contribution is -2.43. The fraction of sp³-hybridized carbons (Fsp3) is 0.458. The van der Waals surface area contributed by atoms with Crippen LogP contribution in [-0.4, -0.2) is 57.6 Å². The Morgan fingerprint density at radius 2 is 1.74 bits per heavy atom. The number of ether oxygens (including phenoxy) is 5. The number of piperidine rings is 1. The fourth-order valence-corrected chi connectivity index (χ4v) is 4.12. The Hall–Kier alpha value is -2.77. The maximum Gasteiger partial charge on any atom is 0.254 e. The van der Waals surface area contributed by atoms with Crippen LogP contribution in [0.3, 0.4) is 0 Å². The summed E-state index contributed by atoms with van der Waals surface area (Å²) in [4.78, 5) is 15.1. The number of hydrogen-bond acceptors (Lipinski definition) is 6. The summed E-state index contributed by atoms with van der Waals surface area (Å²) in [5, 5.41) is 0. The Labute approximate surface area is 182 Å². The quantitative estimate of drug-likeness (QED) is 0.674. The third-order valence-electron chi connectivity index (χ3n) is 5.71. The van der Waals surface area contributed by atoms with Crippen LogP contribution in [0.4, 0.5) is 0 Å². The summed E-state index contributed by atoms with van der Waals surface area (Å²) >= 11 is 0. The van der Waals surface area contributed by atoms with Crippen LogP contribution in [0.25, 0.3) is 0 Å². The van der Waals surface area contributed by atoms with E-state index in [9.17, 15) is 4.79 Å². The first-order valence-corrected chi connectivity index (χ1v) is 10.6. The number of likely N-dealkylation sites (tertiary alicyclic amines) is 1. The summed E-state index contributed by atoms with van der Waals surface area (Å²) in [5.74, 6) is 1.55. The van der Waals surface area contributed by atoms with Gasteiger partial charge >= 0.3 is 0 Å². The van der Waals surface area contributed by atoms with Gasteiger partial charge in [-0.1, -0.05) is 30.3 Å². The molecule has 1 atom stereocenters. The van der Waals surface area contributed by atoms with Crippen molar-refractivity contribution >= 4 is 5.91 Å². The van der Waals surface area contributed by atoms with Gasteiger partial charge in [-0.05, 0) is 30.5 Å². The summed E-state index contributed by atoms with van der Waals surface area (Å²) in [6.07, 6.45) is 1.70. The number of carbonyl (C=O) groups excluding carboxylic acids is 1. The number of amides is 1. The van der Waals surface area contributed by atoms with E-state index in [-0.39, 0.29) is 18.1 Å². The molecule has 1 amide bonds. The van der Waals surface area contributed by atoms with Crippen molar-refractivity contribution in [3.8, 4) is 17.2 Å². The lowest BCUT2D eigenvalue weighted by atomic mass is 9.96. The first kappa shape index (κ1) is 21.5. The normalized spacial score (nSPS) is 19.3. The van der Waals surface area contributed by atoms with Crippen molar-refractivity contribution in [3.63, 3.8) is 0 Å². The highest BCUT2D eigenvalue weighted by atomic mass is 16.7. The number of carbonyl (C=O) groups is 1. The molecule has 166 valence electrons. The van der Waals surface area contributed by atoms with E-state index in [0.29, 0.717) is 55.7 Å². The molecule has 0 saturated carbocycles. The number of benzene rings is 2. The molecule has 2 aromatic rings. The predicted octanol–water partition coefficient (Wildman–Crippen LogP) is 3.51. The zero-order valence-corrected chi connectivity index (χ0v) is 18.0. The molecular weight excluding hydrogens is 398 g/mol. The van der Waals surface area contributed by atoms with Crippen molar-refractivity contribution in [1.29, 1.82) is 0 Å². The second-order valence-corrected chi connectivity index (χ2v) is 7.75. The Morgan fingerprint density at radius 1 is 1.06 bits per heavy atom. The van der Waals surface area contributed by atoms with E-state index in [1.54, 1.807) is 26.4 Å². The molecule has 0 bridgehead atoms. The van der Waals surface area contributed by atoms with Crippen LogP contribution in [0, 0.1) is 5.92 Å². The first-order chi connectivity index (χ1) is 15.2. The number of rotatable bonds is 7. The highest BCUT2D eigenvalue weighted by Crippen LogP contribution is 2.39. The van der Waals surface area contributed by atoms with Gasteiger partial charge in [0.15, 0.2) is 17.8 Å². The second-order valence-electron chi connectivity index (χ2n) is 7.75. The van der Waals surface area contributed by atoms with Crippen LogP contribution in [0.1, 0.15) is 28.8 Å². The van der Waals surface area contributed by atoms with E-state index in [1.807, 2.05) is 35.2 Å². The molecule has 0 N–H and O–H groups in total. The van der Waals surface area contributed by atoms with Gasteiger partial charge in [0.1, 0.15) is 6.61 Å². The van der Waals surface area contributed by atoms with Crippen molar-refractivity contribution in [2.45, 2.75) is 25.7 Å². The van der Waals surface area contributed by atoms with Crippen molar-refractivity contribution in [2.75, 3.05) is 40.5 Å². The SMILES string of the molecule is COc1cc(C(=O)N2CCCC(C3OCCO3)C2)cc(OC)c1OCc1ccccc1. The molecule has 2 heterocycles. The standard InChI is InChI=1S/C24H29NO6/c1-27-20-13-19(14-21(28-2)22(20)31-16-17-7-4-3-5-8-17)23(26)25-10-6-9-18(15-25)24-29-11-12-30-24/h3-5,7-8,13-14,18,24H,6,9-12,15-16H2,1-2H3. The highest BCUT2D eigenvalue weighted by molar-refractivity contribution is 5.95. The molecule has 2 aliphatic heterocycles. The summed E-state index contributed by atoms with van der Waals surface area (Å²) in [7, 11) is 3.12. The minimum atomic E-state index is -0.214. The lowest BCUT2D eigenvalue weighted by molar-refractivity contribution is -0.0969. The summed E-state index contributed by atoms with van der Waals surface area (Å²) in [6.45, 7) is 2.93. The van der Waals surface area contributed by atoms with E-state index in [2.05, 4.69) is 0 Å². The van der Waals surface area contributed by atoms with E-state index in [1.165, 1.54) is 0 Å². The summed E-state index contributed by atoms with van der Waals surface area (Å²) in [6, 6.07) is 13.3. The molecule has 7 heteroatoms. The monoisotopic (exact) mass is 427 g/mol. The molecule has 4 rings (SSSR count). The average molecular weight is 427 g/mol. The van der Waals surface area contributed by atoms with Crippen LogP contribution in [0.5, 0.6) is 17.2 Å². The predicted molar refractivity (Wildman–Crippen MR) is 115 cm³/mol. The molecule has 2 saturated heterocycles. The minimum Gasteiger partial charge on any atom is -0.493 e. The van der Waals surface area contributed by atoms with Gasteiger partial charge in [0.25, 0.3) is 5.91 Å². The molecule has 0 spiro atoms. The van der Waals surface area contributed by atoms with Crippen LogP contribution in [-0.2, 0) is 16.1 Å². The second kappa shape index (κ2) is 10.0. The fourth-order valence-electron chi connectivity index (χ4n) is 4.12. The molecule has 2 aliphatic rings. The molecule has 2 aromatic carbocycles. The van der Waals surface area contributed by atoms with Gasteiger partial charge in [-0.15, -0.1) is 0 Å². The smallest absolute Gasteiger partial charge is 0.254 e. The highest BCUT2D eigenvalue weighted by Gasteiger charge is 2.33. The minimum absolute atomic E-state index is 0.0612. The number of hydrogen-bond donors (Lipinski definition) is 0.